The summed E-state index contributed by atoms with van der Waals surface area (Å²) in [6, 6.07) is 20.7. The number of aromatic nitrogens is 3. The van der Waals surface area contributed by atoms with E-state index in [0.29, 0.717) is 41.5 Å². The Morgan fingerprint density at radius 2 is 1.59 bits per heavy atom. The lowest BCUT2D eigenvalue weighted by Crippen LogP contribution is -2.43. The molecular formula is C31H31N7O3. The second kappa shape index (κ2) is 11.5. The summed E-state index contributed by atoms with van der Waals surface area (Å²) in [5.41, 5.74) is 1.41. The minimum absolute atomic E-state index is 0.118. The first-order valence-corrected chi connectivity index (χ1v) is 13.2. The Hall–Kier alpha value is -5.25. The van der Waals surface area contributed by atoms with Gasteiger partial charge in [-0.2, -0.15) is 0 Å². The first kappa shape index (κ1) is 27.3. The van der Waals surface area contributed by atoms with Crippen LogP contribution in [0.3, 0.4) is 0 Å². The molecule has 0 unspecified atom stereocenters. The highest BCUT2D eigenvalue weighted by Gasteiger charge is 2.39. The zero-order chi connectivity index (χ0) is 29.0. The summed E-state index contributed by atoms with van der Waals surface area (Å²) in [5, 5.41) is 6.65. The quantitative estimate of drug-likeness (QED) is 0.288. The van der Waals surface area contributed by atoms with Crippen LogP contribution in [0.4, 0.5) is 5.82 Å². The number of carbonyl (C=O) groups excluding carboxylic acids is 3. The van der Waals surface area contributed by atoms with Crippen LogP contribution in [0, 0.1) is 0 Å². The van der Waals surface area contributed by atoms with E-state index in [4.69, 9.17) is 4.98 Å². The highest BCUT2D eigenvalue weighted by molar-refractivity contribution is 6.02. The van der Waals surface area contributed by atoms with Gasteiger partial charge in [-0.25, -0.2) is 9.97 Å². The van der Waals surface area contributed by atoms with Crippen molar-refractivity contribution in [3.05, 3.63) is 103 Å². The molecular weight excluding hydrogens is 518 g/mol. The maximum Gasteiger partial charge on any atom is 0.278 e. The number of nitrogens with zero attached hydrogens (tertiary/aromatic N) is 4. The number of fused-ring (bicyclic) bond motifs is 1. The topological polar surface area (TPSA) is 123 Å². The normalized spacial score (nSPS) is 13.7. The van der Waals surface area contributed by atoms with E-state index in [9.17, 15) is 14.4 Å². The van der Waals surface area contributed by atoms with Gasteiger partial charge in [0, 0.05) is 52.1 Å². The molecule has 0 saturated heterocycles. The average molecular weight is 550 g/mol. The fourth-order valence-electron chi connectivity index (χ4n) is 4.71. The molecule has 0 bridgehead atoms. The maximum absolute atomic E-state index is 13.6. The first-order chi connectivity index (χ1) is 19.8. The molecule has 208 valence electrons. The van der Waals surface area contributed by atoms with Crippen LogP contribution in [0.1, 0.15) is 23.0 Å². The third-order valence-corrected chi connectivity index (χ3v) is 6.78. The van der Waals surface area contributed by atoms with Crippen molar-refractivity contribution in [2.24, 2.45) is 0 Å². The van der Waals surface area contributed by atoms with E-state index in [2.05, 4.69) is 20.6 Å². The van der Waals surface area contributed by atoms with Crippen LogP contribution in [0.5, 0.6) is 0 Å². The SMILES string of the molecule is CC(=O)NCCNc1nc(-c2ccccc2)nc2[nH]c(C(=O)N3C=CC(C(=O)N(C)C)(c4ccccc4)C=C3)cc12. The summed E-state index contributed by atoms with van der Waals surface area (Å²) in [6.07, 6.45) is 6.73. The van der Waals surface area contributed by atoms with Gasteiger partial charge in [0.1, 0.15) is 22.6 Å². The molecule has 0 saturated carbocycles. The van der Waals surface area contributed by atoms with Crippen molar-refractivity contribution in [1.82, 2.24) is 30.1 Å². The van der Waals surface area contributed by atoms with Gasteiger partial charge in [0.05, 0.1) is 5.39 Å². The lowest BCUT2D eigenvalue weighted by molar-refractivity contribution is -0.131. The number of carbonyl (C=O) groups is 3. The van der Waals surface area contributed by atoms with Gasteiger partial charge in [-0.15, -0.1) is 0 Å². The van der Waals surface area contributed by atoms with Crippen molar-refractivity contribution in [2.75, 3.05) is 32.5 Å². The third-order valence-electron chi connectivity index (χ3n) is 6.78. The number of amides is 3. The number of aromatic amines is 1. The molecule has 0 atom stereocenters. The highest BCUT2D eigenvalue weighted by Crippen LogP contribution is 2.33. The van der Waals surface area contributed by atoms with Crippen LogP contribution in [0.2, 0.25) is 0 Å². The Balaban J connectivity index is 1.46. The van der Waals surface area contributed by atoms with E-state index in [-0.39, 0.29) is 17.7 Å². The second-order valence-corrected chi connectivity index (χ2v) is 9.90. The van der Waals surface area contributed by atoms with Crippen molar-refractivity contribution in [2.45, 2.75) is 12.3 Å². The van der Waals surface area contributed by atoms with Crippen molar-refractivity contribution in [1.29, 1.82) is 0 Å². The molecule has 0 fully saturated rings. The molecule has 0 spiro atoms. The number of H-pyrrole nitrogens is 1. The fourth-order valence-corrected chi connectivity index (χ4v) is 4.71. The number of benzene rings is 2. The van der Waals surface area contributed by atoms with Gasteiger partial charge in [-0.3, -0.25) is 19.3 Å². The molecule has 10 nitrogen and oxygen atoms in total. The smallest absolute Gasteiger partial charge is 0.278 e. The molecule has 0 aliphatic carbocycles. The van der Waals surface area contributed by atoms with E-state index in [1.807, 2.05) is 60.7 Å². The Kier molecular flexibility index (Phi) is 7.64. The number of likely N-dealkylation sites (N-methyl/N-ethyl adjacent to an activating group) is 1. The summed E-state index contributed by atoms with van der Waals surface area (Å²) in [6.45, 7) is 2.31. The average Bonchev–Trinajstić information content (AvgIpc) is 3.44. The van der Waals surface area contributed by atoms with Gasteiger partial charge >= 0.3 is 0 Å². The van der Waals surface area contributed by atoms with Gasteiger partial charge in [0.15, 0.2) is 5.82 Å². The zero-order valence-electron chi connectivity index (χ0n) is 23.1. The minimum atomic E-state index is -1.02. The molecule has 41 heavy (non-hydrogen) atoms. The Morgan fingerprint density at radius 3 is 2.22 bits per heavy atom. The van der Waals surface area contributed by atoms with Crippen LogP contribution >= 0.6 is 0 Å². The molecule has 3 N–H and O–H groups in total. The predicted octanol–water partition coefficient (Wildman–Crippen LogP) is 3.68. The molecule has 3 heterocycles. The van der Waals surface area contributed by atoms with Crippen LogP contribution in [-0.2, 0) is 15.0 Å². The number of nitrogens with one attached hydrogen (secondary N) is 3. The van der Waals surface area contributed by atoms with Crippen LogP contribution in [0.25, 0.3) is 22.4 Å². The van der Waals surface area contributed by atoms with E-state index >= 15 is 0 Å². The molecule has 0 radical (unpaired) electrons. The van der Waals surface area contributed by atoms with Gasteiger partial charge in [-0.05, 0) is 23.8 Å². The molecule has 2 aromatic carbocycles. The summed E-state index contributed by atoms with van der Waals surface area (Å²) in [7, 11) is 3.42. The monoisotopic (exact) mass is 549 g/mol. The first-order valence-electron chi connectivity index (χ1n) is 13.2. The van der Waals surface area contributed by atoms with Crippen LogP contribution < -0.4 is 10.6 Å². The summed E-state index contributed by atoms with van der Waals surface area (Å²) in [5.74, 6) is 0.477. The van der Waals surface area contributed by atoms with E-state index in [1.165, 1.54) is 11.8 Å². The molecule has 1 aliphatic rings. The van der Waals surface area contributed by atoms with Crippen molar-refractivity contribution < 1.29 is 14.4 Å². The Bertz CT molecular complexity index is 1630. The summed E-state index contributed by atoms with van der Waals surface area (Å²) >= 11 is 0. The number of rotatable bonds is 8. The van der Waals surface area contributed by atoms with Crippen molar-refractivity contribution in [3.8, 4) is 11.4 Å². The number of hydrogen-bond acceptors (Lipinski definition) is 6. The molecule has 3 amide bonds. The standard InChI is InChI=1S/C31H31N7O3/c1-21(39)32-16-17-33-27-24-20-25(34-28(24)36-26(35-27)22-10-6-4-7-11-22)29(40)38-18-14-31(15-19-38,30(41)37(2)3)23-12-8-5-9-13-23/h4-15,18-20H,16-17H2,1-3H3,(H,32,39)(H2,33,34,35,36). The largest absolute Gasteiger partial charge is 0.368 e. The van der Waals surface area contributed by atoms with Crippen molar-refractivity contribution >= 4 is 34.6 Å². The molecule has 2 aromatic heterocycles. The van der Waals surface area contributed by atoms with E-state index in [1.54, 1.807) is 49.6 Å². The van der Waals surface area contributed by atoms with E-state index in [0.717, 1.165) is 11.1 Å². The van der Waals surface area contributed by atoms with Gasteiger partial charge in [0.2, 0.25) is 11.8 Å². The van der Waals surface area contributed by atoms with Crippen molar-refractivity contribution in [3.63, 3.8) is 0 Å². The van der Waals surface area contributed by atoms with Crippen LogP contribution in [0.15, 0.2) is 91.3 Å². The van der Waals surface area contributed by atoms with E-state index < -0.39 is 5.41 Å². The molecule has 1 aliphatic heterocycles. The van der Waals surface area contributed by atoms with Gasteiger partial charge < -0.3 is 20.5 Å². The maximum atomic E-state index is 13.6. The van der Waals surface area contributed by atoms with Gasteiger partial charge in [0.25, 0.3) is 5.91 Å². The lowest BCUT2D eigenvalue weighted by atomic mass is 9.78. The van der Waals surface area contributed by atoms with Gasteiger partial charge in [-0.1, -0.05) is 60.7 Å². The minimum Gasteiger partial charge on any atom is -0.368 e. The zero-order valence-corrected chi connectivity index (χ0v) is 23.1. The summed E-state index contributed by atoms with van der Waals surface area (Å²) in [4.78, 5) is 53.7. The number of hydrogen-bond donors (Lipinski definition) is 3. The Labute approximate surface area is 237 Å². The fraction of sp³-hybridized carbons (Fsp3) is 0.194. The second-order valence-electron chi connectivity index (χ2n) is 9.90. The Morgan fingerprint density at radius 1 is 0.927 bits per heavy atom. The molecule has 5 rings (SSSR count). The predicted molar refractivity (Wildman–Crippen MR) is 158 cm³/mol. The number of anilines is 1. The molecule has 10 heteroatoms. The molecule has 4 aromatic rings. The third kappa shape index (κ3) is 5.58. The van der Waals surface area contributed by atoms with Crippen LogP contribution in [-0.4, -0.2) is 69.7 Å². The summed E-state index contributed by atoms with van der Waals surface area (Å²) < 4.78 is 0. The highest BCUT2D eigenvalue weighted by atomic mass is 16.2. The lowest BCUT2D eigenvalue weighted by Gasteiger charge is -2.33.